The van der Waals surface area contributed by atoms with Gasteiger partial charge in [0.15, 0.2) is 0 Å². The number of hydrogen-bond donors (Lipinski definition) is 0. The molecule has 1 amide bonds. The largest absolute Gasteiger partial charge is 0.491 e. The molecule has 0 radical (unpaired) electrons. The highest BCUT2D eigenvalue weighted by molar-refractivity contribution is 6.32. The summed E-state index contributed by atoms with van der Waals surface area (Å²) in [6.07, 6.45) is 9.20. The third-order valence-electron chi connectivity index (χ3n) is 13.1. The second-order valence-corrected chi connectivity index (χ2v) is 19.4. The van der Waals surface area contributed by atoms with Gasteiger partial charge in [-0.25, -0.2) is 14.8 Å². The zero-order valence-electron chi connectivity index (χ0n) is 34.9. The molecule has 1 aliphatic carbocycles. The van der Waals surface area contributed by atoms with Crippen LogP contribution in [0.15, 0.2) is 48.7 Å². The highest BCUT2D eigenvalue weighted by Crippen LogP contribution is 2.47. The highest BCUT2D eigenvalue weighted by atomic mass is 35.5. The van der Waals surface area contributed by atoms with Crippen molar-refractivity contribution >= 4 is 35.2 Å². The van der Waals surface area contributed by atoms with Gasteiger partial charge in [0.05, 0.1) is 16.6 Å². The topological polar surface area (TPSA) is 80.3 Å². The lowest BCUT2D eigenvalue weighted by molar-refractivity contribution is 0.0161. The van der Waals surface area contributed by atoms with E-state index in [4.69, 9.17) is 47.4 Å². The van der Waals surface area contributed by atoms with Gasteiger partial charge in [-0.05, 0) is 150 Å². The Morgan fingerprint density at radius 3 is 2.16 bits per heavy atom. The fourth-order valence-corrected chi connectivity index (χ4v) is 10.2. The lowest BCUT2D eigenvalue weighted by Crippen LogP contribution is -2.45. The van der Waals surface area contributed by atoms with E-state index in [1.54, 1.807) is 0 Å². The summed E-state index contributed by atoms with van der Waals surface area (Å²) < 4.78 is 17.6. The van der Waals surface area contributed by atoms with Crippen molar-refractivity contribution in [2.45, 2.75) is 97.7 Å². The third-order valence-corrected chi connectivity index (χ3v) is 13.5. The number of anilines is 1. The molecule has 310 valence electrons. The molecule has 9 nitrogen and oxygen atoms in total. The van der Waals surface area contributed by atoms with Crippen LogP contribution in [0.3, 0.4) is 0 Å². The summed E-state index contributed by atoms with van der Waals surface area (Å²) in [4.78, 5) is 29.1. The Balaban J connectivity index is 0.840. The first-order chi connectivity index (χ1) is 27.3. The minimum atomic E-state index is -0.436. The number of benzene rings is 2. The molecule has 0 N–H and O–H groups in total. The summed E-state index contributed by atoms with van der Waals surface area (Å²) in [5.41, 5.74) is 3.47. The number of amides is 1. The smallest absolute Gasteiger partial charge is 0.410 e. The van der Waals surface area contributed by atoms with Crippen molar-refractivity contribution in [3.8, 4) is 11.5 Å². The standard InChI is InChI=1S/C46H63Cl2N5O4/c1-31-23-38(26-41(48)42(31)55-22-16-47)46(5,6)37-7-9-40(10-8-37)56-30-39-11-17-49-43(50-39)53-28-35-24-34(25-36(35)29-53)33-14-18-51(19-15-33)27-32-12-20-52(21-13-32)44(54)57-45(2,3)4/h7-11,17,23,26,32-36H,12-16,18-22,24-25,27-30H2,1-6H3/t34?,35-,36+. The Hall–Kier alpha value is -3.27. The molecule has 0 bridgehead atoms. The number of piperidine rings is 2. The van der Waals surface area contributed by atoms with Crippen molar-refractivity contribution in [1.29, 1.82) is 0 Å². The van der Waals surface area contributed by atoms with Crippen LogP contribution >= 0.6 is 23.2 Å². The molecule has 1 saturated carbocycles. The van der Waals surface area contributed by atoms with Crippen molar-refractivity contribution < 1.29 is 19.0 Å². The Labute approximate surface area is 350 Å². The summed E-state index contributed by atoms with van der Waals surface area (Å²) in [7, 11) is 0. The number of aryl methyl sites for hydroxylation is 1. The van der Waals surface area contributed by atoms with Gasteiger partial charge in [0.2, 0.25) is 5.95 Å². The van der Waals surface area contributed by atoms with Crippen LogP contribution in [0.1, 0.15) is 95.5 Å². The maximum Gasteiger partial charge on any atom is 0.410 e. The molecule has 1 aromatic heterocycles. The van der Waals surface area contributed by atoms with Crippen molar-refractivity contribution in [2.75, 3.05) is 63.2 Å². The number of fused-ring (bicyclic) bond motifs is 1. The molecule has 4 heterocycles. The molecule has 57 heavy (non-hydrogen) atoms. The molecule has 3 saturated heterocycles. The third kappa shape index (κ3) is 10.3. The zero-order valence-corrected chi connectivity index (χ0v) is 36.5. The number of aromatic nitrogens is 2. The molecule has 4 fully saturated rings. The average molecular weight is 821 g/mol. The first-order valence-corrected chi connectivity index (χ1v) is 22.2. The van der Waals surface area contributed by atoms with E-state index in [1.807, 2.05) is 63.1 Å². The summed E-state index contributed by atoms with van der Waals surface area (Å²) >= 11 is 12.5. The number of likely N-dealkylation sites (tertiary alicyclic amines) is 2. The lowest BCUT2D eigenvalue weighted by atomic mass is 9.77. The fraction of sp³-hybridized carbons (Fsp3) is 0.630. The van der Waals surface area contributed by atoms with Crippen LogP contribution in [0, 0.1) is 36.5 Å². The van der Waals surface area contributed by atoms with Crippen LogP contribution in [0.4, 0.5) is 10.7 Å². The number of hydrogen-bond acceptors (Lipinski definition) is 8. The predicted molar refractivity (Wildman–Crippen MR) is 229 cm³/mol. The van der Waals surface area contributed by atoms with Crippen molar-refractivity contribution in [3.63, 3.8) is 0 Å². The Bertz CT molecular complexity index is 1780. The average Bonchev–Trinajstić information content (AvgIpc) is 3.77. The van der Waals surface area contributed by atoms with Gasteiger partial charge in [-0.3, -0.25) is 0 Å². The normalized spacial score (nSPS) is 22.5. The maximum atomic E-state index is 12.5. The van der Waals surface area contributed by atoms with Crippen LogP contribution in [0.5, 0.6) is 11.5 Å². The first kappa shape index (κ1) is 41.9. The van der Waals surface area contributed by atoms with Crippen molar-refractivity contribution in [3.05, 3.63) is 76.1 Å². The quantitative estimate of drug-likeness (QED) is 0.167. The lowest BCUT2D eigenvalue weighted by Gasteiger charge is -2.39. The summed E-state index contributed by atoms with van der Waals surface area (Å²) in [6.45, 7) is 20.4. The molecule has 3 aliphatic heterocycles. The number of ether oxygens (including phenoxy) is 3. The zero-order chi connectivity index (χ0) is 40.3. The van der Waals surface area contributed by atoms with E-state index in [-0.39, 0.29) is 11.5 Å². The minimum Gasteiger partial charge on any atom is -0.491 e. The minimum absolute atomic E-state index is 0.160. The molecule has 3 aromatic rings. The number of nitrogens with zero attached hydrogens (tertiary/aromatic N) is 5. The van der Waals surface area contributed by atoms with E-state index in [0.29, 0.717) is 35.8 Å². The van der Waals surface area contributed by atoms with E-state index >= 15 is 0 Å². The van der Waals surface area contributed by atoms with E-state index < -0.39 is 5.60 Å². The van der Waals surface area contributed by atoms with Gasteiger partial charge in [-0.15, -0.1) is 11.6 Å². The van der Waals surface area contributed by atoms with Crippen LogP contribution in [0.25, 0.3) is 0 Å². The molecule has 4 aliphatic rings. The van der Waals surface area contributed by atoms with E-state index in [0.717, 1.165) is 91.2 Å². The summed E-state index contributed by atoms with van der Waals surface area (Å²) in [6, 6.07) is 14.4. The van der Waals surface area contributed by atoms with Crippen molar-refractivity contribution in [1.82, 2.24) is 19.8 Å². The maximum absolute atomic E-state index is 12.5. The number of rotatable bonds is 12. The molecule has 0 spiro atoms. The number of carbonyl (C=O) groups is 1. The summed E-state index contributed by atoms with van der Waals surface area (Å²) in [5, 5.41) is 0.601. The molecular weight excluding hydrogens is 757 g/mol. The van der Waals surface area contributed by atoms with Gasteiger partial charge in [-0.2, -0.15) is 0 Å². The van der Waals surface area contributed by atoms with Gasteiger partial charge >= 0.3 is 6.09 Å². The Morgan fingerprint density at radius 1 is 0.842 bits per heavy atom. The Kier molecular flexibility index (Phi) is 13.2. The van der Waals surface area contributed by atoms with Gasteiger partial charge in [0.1, 0.15) is 30.3 Å². The van der Waals surface area contributed by atoms with Crippen LogP contribution in [-0.2, 0) is 16.8 Å². The fourth-order valence-electron chi connectivity index (χ4n) is 9.82. The molecule has 3 atom stereocenters. The highest BCUT2D eigenvalue weighted by Gasteiger charge is 2.44. The van der Waals surface area contributed by atoms with Gasteiger partial charge in [-0.1, -0.05) is 43.6 Å². The summed E-state index contributed by atoms with van der Waals surface area (Å²) in [5.74, 6) is 6.59. The number of carbonyl (C=O) groups excluding carboxylic acids is 1. The van der Waals surface area contributed by atoms with E-state index in [2.05, 4.69) is 41.8 Å². The van der Waals surface area contributed by atoms with Crippen LogP contribution in [-0.4, -0.2) is 89.8 Å². The second-order valence-electron chi connectivity index (χ2n) is 18.6. The SMILES string of the molecule is Cc1cc(C(C)(C)c2ccc(OCc3ccnc(N4C[C@H]5CC(C6CCN(CC7CCN(C(=O)OC(C)(C)C)CC7)CC6)C[C@H]5C4)n3)cc2)cc(Cl)c1OCCCl. The molecule has 1 unspecified atom stereocenters. The van der Waals surface area contributed by atoms with Gasteiger partial charge in [0, 0.05) is 44.3 Å². The Morgan fingerprint density at radius 2 is 1.53 bits per heavy atom. The van der Waals surface area contributed by atoms with E-state index in [1.165, 1.54) is 50.9 Å². The van der Waals surface area contributed by atoms with Crippen LogP contribution in [0.2, 0.25) is 5.02 Å². The van der Waals surface area contributed by atoms with Gasteiger partial charge < -0.3 is 28.9 Å². The number of halogens is 2. The van der Waals surface area contributed by atoms with Gasteiger partial charge in [0.25, 0.3) is 0 Å². The molecule has 11 heteroatoms. The number of alkyl halides is 1. The molecule has 7 rings (SSSR count). The van der Waals surface area contributed by atoms with E-state index in [9.17, 15) is 4.79 Å². The van der Waals surface area contributed by atoms with Crippen LogP contribution < -0.4 is 14.4 Å². The molecule has 2 aromatic carbocycles. The second kappa shape index (κ2) is 17.9. The molecular formula is C46H63Cl2N5O4. The van der Waals surface area contributed by atoms with Crippen molar-refractivity contribution in [2.24, 2.45) is 29.6 Å². The predicted octanol–water partition coefficient (Wildman–Crippen LogP) is 9.78. The first-order valence-electron chi connectivity index (χ1n) is 21.3. The monoisotopic (exact) mass is 819 g/mol.